The Morgan fingerprint density at radius 2 is 1.93 bits per heavy atom. The Morgan fingerprint density at radius 3 is 2.67 bits per heavy atom. The molecule has 156 valence electrons. The summed E-state index contributed by atoms with van der Waals surface area (Å²) < 4.78 is 5.02. The van der Waals surface area contributed by atoms with Gasteiger partial charge in [-0.05, 0) is 31.2 Å². The van der Waals surface area contributed by atoms with E-state index in [1.165, 1.54) is 0 Å². The van der Waals surface area contributed by atoms with E-state index in [4.69, 9.17) is 16.3 Å². The second kappa shape index (κ2) is 9.41. The number of carbonyl (C=O) groups excluding carboxylic acids is 4. The molecular weight excluding hydrogens is 410 g/mol. The number of esters is 1. The van der Waals surface area contributed by atoms with E-state index in [1.54, 1.807) is 42.5 Å². The molecule has 9 heteroatoms. The number of carbonyl (C=O) groups is 4. The van der Waals surface area contributed by atoms with Crippen LogP contribution in [0.3, 0.4) is 0 Å². The number of aryl methyl sites for hydroxylation is 1. The lowest BCUT2D eigenvalue weighted by atomic mass is 10.1. The number of anilines is 1. The van der Waals surface area contributed by atoms with Gasteiger partial charge < -0.3 is 10.1 Å². The summed E-state index contributed by atoms with van der Waals surface area (Å²) in [4.78, 5) is 48.7. The van der Waals surface area contributed by atoms with Crippen LogP contribution in [-0.4, -0.2) is 41.9 Å². The fourth-order valence-electron chi connectivity index (χ4n) is 2.95. The first-order chi connectivity index (χ1) is 14.3. The number of nitrogens with zero attached hydrogens (tertiary/aromatic N) is 1. The Kier molecular flexibility index (Phi) is 6.68. The topological polar surface area (TPSA) is 105 Å². The first-order valence-electron chi connectivity index (χ1n) is 9.22. The van der Waals surface area contributed by atoms with Crippen molar-refractivity contribution in [1.82, 2.24) is 10.4 Å². The molecule has 1 aliphatic heterocycles. The molecule has 30 heavy (non-hydrogen) atoms. The van der Waals surface area contributed by atoms with Crippen molar-refractivity contribution in [3.63, 3.8) is 0 Å². The van der Waals surface area contributed by atoms with Gasteiger partial charge >= 0.3 is 5.97 Å². The average Bonchev–Trinajstić information content (AvgIpc) is 3.08. The van der Waals surface area contributed by atoms with Crippen LogP contribution in [0.4, 0.5) is 5.69 Å². The highest BCUT2D eigenvalue weighted by molar-refractivity contribution is 6.33. The molecule has 0 saturated carbocycles. The largest absolute Gasteiger partial charge is 0.455 e. The molecule has 3 rings (SSSR count). The number of nitrogens with one attached hydrogen (secondary N) is 2. The van der Waals surface area contributed by atoms with Gasteiger partial charge in [-0.3, -0.25) is 29.6 Å². The van der Waals surface area contributed by atoms with E-state index in [0.29, 0.717) is 16.3 Å². The van der Waals surface area contributed by atoms with E-state index in [1.807, 2.05) is 13.0 Å². The van der Waals surface area contributed by atoms with Crippen molar-refractivity contribution in [2.75, 3.05) is 18.5 Å². The Labute approximate surface area is 178 Å². The molecule has 0 aromatic heterocycles. The van der Waals surface area contributed by atoms with Crippen molar-refractivity contribution < 1.29 is 23.9 Å². The first-order valence-corrected chi connectivity index (χ1v) is 9.60. The van der Waals surface area contributed by atoms with Gasteiger partial charge in [0.2, 0.25) is 5.91 Å². The quantitative estimate of drug-likeness (QED) is 0.686. The second-order valence-electron chi connectivity index (χ2n) is 6.85. The third-order valence-corrected chi connectivity index (χ3v) is 4.80. The van der Waals surface area contributed by atoms with E-state index in [9.17, 15) is 19.2 Å². The van der Waals surface area contributed by atoms with Crippen LogP contribution in [0, 0.1) is 12.8 Å². The lowest BCUT2D eigenvalue weighted by Crippen LogP contribution is -2.43. The predicted octanol–water partition coefficient (Wildman–Crippen LogP) is 2.32. The number of rotatable bonds is 6. The summed E-state index contributed by atoms with van der Waals surface area (Å²) in [5.41, 5.74) is 4.22. The van der Waals surface area contributed by atoms with Gasteiger partial charge in [0.25, 0.3) is 11.8 Å². The van der Waals surface area contributed by atoms with Gasteiger partial charge in [0.05, 0.1) is 23.2 Å². The fraction of sp³-hybridized carbons (Fsp3) is 0.238. The van der Waals surface area contributed by atoms with Gasteiger partial charge in [-0.15, -0.1) is 0 Å². The van der Waals surface area contributed by atoms with E-state index < -0.39 is 36.2 Å². The minimum atomic E-state index is -0.775. The molecule has 0 radical (unpaired) electrons. The van der Waals surface area contributed by atoms with Gasteiger partial charge in [-0.1, -0.05) is 41.4 Å². The molecule has 8 nitrogen and oxygen atoms in total. The first kappa shape index (κ1) is 21.3. The molecule has 0 bridgehead atoms. The van der Waals surface area contributed by atoms with Crippen LogP contribution in [0.2, 0.25) is 5.02 Å². The highest BCUT2D eigenvalue weighted by Gasteiger charge is 2.36. The molecule has 3 amide bonds. The fourth-order valence-corrected chi connectivity index (χ4v) is 3.13. The third-order valence-electron chi connectivity index (χ3n) is 4.47. The summed E-state index contributed by atoms with van der Waals surface area (Å²) in [6.45, 7) is 1.32. The van der Waals surface area contributed by atoms with Gasteiger partial charge in [0.15, 0.2) is 6.61 Å². The number of benzene rings is 2. The Bertz CT molecular complexity index is 994. The summed E-state index contributed by atoms with van der Waals surface area (Å²) in [6.07, 6.45) is -0.112. The lowest BCUT2D eigenvalue weighted by molar-refractivity contribution is -0.151. The zero-order valence-corrected chi connectivity index (χ0v) is 16.9. The summed E-state index contributed by atoms with van der Waals surface area (Å²) in [7, 11) is 0. The normalized spacial score (nSPS) is 15.6. The monoisotopic (exact) mass is 429 g/mol. The van der Waals surface area contributed by atoms with Gasteiger partial charge in [-0.2, -0.15) is 0 Å². The van der Waals surface area contributed by atoms with Crippen LogP contribution in [0.25, 0.3) is 0 Å². The van der Waals surface area contributed by atoms with Crippen molar-refractivity contribution >= 4 is 41.0 Å². The maximum atomic E-state index is 12.3. The molecule has 2 aromatic carbocycles. The minimum absolute atomic E-state index is 0.0264. The molecule has 0 spiro atoms. The summed E-state index contributed by atoms with van der Waals surface area (Å²) in [6, 6.07) is 13.6. The molecule has 1 saturated heterocycles. The van der Waals surface area contributed by atoms with E-state index in [-0.39, 0.29) is 13.0 Å². The van der Waals surface area contributed by atoms with E-state index in [2.05, 4.69) is 10.7 Å². The SMILES string of the molecule is Cc1cccc(C(=O)NN2C[C@@H](C(=O)OCC(=O)Nc3ccccc3Cl)CC2=O)c1. The predicted molar refractivity (Wildman–Crippen MR) is 110 cm³/mol. The van der Waals surface area contributed by atoms with Crippen molar-refractivity contribution in [3.05, 3.63) is 64.7 Å². The highest BCUT2D eigenvalue weighted by atomic mass is 35.5. The Balaban J connectivity index is 1.49. The van der Waals surface area contributed by atoms with Crippen LogP contribution in [-0.2, 0) is 19.1 Å². The van der Waals surface area contributed by atoms with Crippen LogP contribution in [0.5, 0.6) is 0 Å². The minimum Gasteiger partial charge on any atom is -0.455 e. The zero-order chi connectivity index (χ0) is 21.7. The molecule has 1 heterocycles. The summed E-state index contributed by atoms with van der Waals surface area (Å²) in [5.74, 6) is -2.86. The van der Waals surface area contributed by atoms with Crippen LogP contribution in [0.1, 0.15) is 22.3 Å². The van der Waals surface area contributed by atoms with Gasteiger partial charge in [-0.25, -0.2) is 0 Å². The van der Waals surface area contributed by atoms with E-state index >= 15 is 0 Å². The van der Waals surface area contributed by atoms with Crippen LogP contribution < -0.4 is 10.7 Å². The number of ether oxygens (including phenoxy) is 1. The molecule has 0 aliphatic carbocycles. The number of halogens is 1. The zero-order valence-electron chi connectivity index (χ0n) is 16.2. The maximum Gasteiger partial charge on any atom is 0.311 e. The van der Waals surface area contributed by atoms with Crippen molar-refractivity contribution in [2.45, 2.75) is 13.3 Å². The molecule has 0 unspecified atom stereocenters. The van der Waals surface area contributed by atoms with Crippen molar-refractivity contribution in [2.24, 2.45) is 5.92 Å². The Hall–Kier alpha value is -3.39. The van der Waals surface area contributed by atoms with Gasteiger partial charge in [0, 0.05) is 12.0 Å². The standard InChI is InChI=1S/C21H20ClN3O5/c1-13-5-4-6-14(9-13)20(28)24-25-11-15(10-19(25)27)21(29)30-12-18(26)23-17-8-3-2-7-16(17)22/h2-9,15H,10-12H2,1H3,(H,23,26)(H,24,28)/t15-/m0/s1. The number of hydrogen-bond donors (Lipinski definition) is 2. The molecule has 2 N–H and O–H groups in total. The second-order valence-corrected chi connectivity index (χ2v) is 7.26. The van der Waals surface area contributed by atoms with Gasteiger partial charge in [0.1, 0.15) is 0 Å². The number of amides is 3. The molecule has 1 aliphatic rings. The van der Waals surface area contributed by atoms with E-state index in [0.717, 1.165) is 10.6 Å². The molecule has 2 aromatic rings. The molecular formula is C21H20ClN3O5. The van der Waals surface area contributed by atoms with Crippen molar-refractivity contribution in [1.29, 1.82) is 0 Å². The number of para-hydroxylation sites is 1. The molecule has 1 atom stereocenters. The molecule has 1 fully saturated rings. The lowest BCUT2D eigenvalue weighted by Gasteiger charge is -2.17. The van der Waals surface area contributed by atoms with Crippen molar-refractivity contribution in [3.8, 4) is 0 Å². The highest BCUT2D eigenvalue weighted by Crippen LogP contribution is 2.21. The summed E-state index contributed by atoms with van der Waals surface area (Å²) >= 11 is 5.96. The van der Waals surface area contributed by atoms with Crippen LogP contribution >= 0.6 is 11.6 Å². The number of hydrogen-bond acceptors (Lipinski definition) is 5. The average molecular weight is 430 g/mol. The maximum absolute atomic E-state index is 12.3. The third kappa shape index (κ3) is 5.36. The van der Waals surface area contributed by atoms with Crippen LogP contribution in [0.15, 0.2) is 48.5 Å². The number of hydrazine groups is 1. The Morgan fingerprint density at radius 1 is 1.17 bits per heavy atom. The smallest absolute Gasteiger partial charge is 0.311 e. The summed E-state index contributed by atoms with van der Waals surface area (Å²) in [5, 5.41) is 4.00.